The summed E-state index contributed by atoms with van der Waals surface area (Å²) in [5.74, 6) is -0.801. The van der Waals surface area contributed by atoms with E-state index in [9.17, 15) is 14.4 Å². The van der Waals surface area contributed by atoms with Crippen LogP contribution < -0.4 is 10.1 Å². The van der Waals surface area contributed by atoms with Gasteiger partial charge in [-0.15, -0.1) is 0 Å². The van der Waals surface area contributed by atoms with Crippen LogP contribution >= 0.6 is 0 Å². The molecule has 1 N–H and O–H groups in total. The lowest BCUT2D eigenvalue weighted by atomic mass is 9.75. The standard InChI is InChI=1S/C25H27NO5/c1-2-30-20-11-7-6-10-19(20)26-21(27)15-31-25(29)23-18-13-12-17(14-18)22(23)24(28)16-8-4-3-5-9-16/h3-11,17-18,22-23H,2,12-15H2,1H3,(H,26,27)/t17-,18-,22-,23-/m0/s1. The van der Waals surface area contributed by atoms with Crippen molar-refractivity contribution in [3.05, 3.63) is 60.2 Å². The maximum absolute atomic E-state index is 13.1. The molecule has 0 saturated heterocycles. The molecular weight excluding hydrogens is 394 g/mol. The van der Waals surface area contributed by atoms with Crippen molar-refractivity contribution in [2.24, 2.45) is 23.7 Å². The van der Waals surface area contributed by atoms with E-state index in [1.54, 1.807) is 30.3 Å². The third-order valence-electron chi connectivity index (χ3n) is 6.36. The zero-order chi connectivity index (χ0) is 21.8. The average molecular weight is 421 g/mol. The Morgan fingerprint density at radius 3 is 2.35 bits per heavy atom. The number of rotatable bonds is 8. The Morgan fingerprint density at radius 1 is 0.935 bits per heavy atom. The van der Waals surface area contributed by atoms with Gasteiger partial charge in [0.25, 0.3) is 5.91 Å². The molecule has 2 bridgehead atoms. The molecule has 2 aliphatic carbocycles. The predicted octanol–water partition coefficient (Wildman–Crippen LogP) is 4.11. The van der Waals surface area contributed by atoms with Gasteiger partial charge in [-0.05, 0) is 50.2 Å². The summed E-state index contributed by atoms with van der Waals surface area (Å²) in [6, 6.07) is 16.2. The van der Waals surface area contributed by atoms with E-state index in [4.69, 9.17) is 9.47 Å². The number of hydrogen-bond donors (Lipinski definition) is 1. The Balaban J connectivity index is 1.39. The molecule has 2 aromatic rings. The number of ether oxygens (including phenoxy) is 2. The number of anilines is 1. The van der Waals surface area contributed by atoms with Gasteiger partial charge in [-0.2, -0.15) is 0 Å². The molecule has 4 atom stereocenters. The summed E-state index contributed by atoms with van der Waals surface area (Å²) in [4.78, 5) is 38.4. The smallest absolute Gasteiger partial charge is 0.310 e. The number of para-hydroxylation sites is 2. The largest absolute Gasteiger partial charge is 0.492 e. The van der Waals surface area contributed by atoms with E-state index in [1.807, 2.05) is 31.2 Å². The van der Waals surface area contributed by atoms with Gasteiger partial charge in [-0.1, -0.05) is 42.5 Å². The minimum absolute atomic E-state index is 0.00448. The maximum atomic E-state index is 13.1. The zero-order valence-corrected chi connectivity index (χ0v) is 17.6. The van der Waals surface area contributed by atoms with Crippen molar-refractivity contribution in [1.82, 2.24) is 0 Å². The van der Waals surface area contributed by atoms with E-state index >= 15 is 0 Å². The Hall–Kier alpha value is -3.15. The van der Waals surface area contributed by atoms with Crippen LogP contribution in [0.5, 0.6) is 5.75 Å². The van der Waals surface area contributed by atoms with Gasteiger partial charge in [0.1, 0.15) is 5.75 Å². The first kappa shape index (κ1) is 21.1. The van der Waals surface area contributed by atoms with Crippen molar-refractivity contribution in [1.29, 1.82) is 0 Å². The summed E-state index contributed by atoms with van der Waals surface area (Å²) < 4.78 is 10.9. The molecule has 4 rings (SSSR count). The van der Waals surface area contributed by atoms with Crippen molar-refractivity contribution >= 4 is 23.3 Å². The van der Waals surface area contributed by atoms with Crippen LogP contribution in [0.4, 0.5) is 5.69 Å². The van der Waals surface area contributed by atoms with Crippen molar-refractivity contribution in [2.45, 2.75) is 26.2 Å². The lowest BCUT2D eigenvalue weighted by Crippen LogP contribution is -2.37. The number of benzene rings is 2. The fourth-order valence-corrected chi connectivity index (χ4v) is 5.07. The minimum Gasteiger partial charge on any atom is -0.492 e. The molecule has 31 heavy (non-hydrogen) atoms. The molecule has 2 saturated carbocycles. The van der Waals surface area contributed by atoms with Crippen LogP contribution in [-0.2, 0) is 14.3 Å². The van der Waals surface area contributed by atoms with E-state index in [0.717, 1.165) is 19.3 Å². The Bertz CT molecular complexity index is 957. The van der Waals surface area contributed by atoms with Crippen LogP contribution in [0.2, 0.25) is 0 Å². The quantitative estimate of drug-likeness (QED) is 0.512. The lowest BCUT2D eigenvalue weighted by Gasteiger charge is -2.28. The van der Waals surface area contributed by atoms with Gasteiger partial charge < -0.3 is 14.8 Å². The molecular formula is C25H27NO5. The second kappa shape index (κ2) is 9.33. The molecule has 0 radical (unpaired) electrons. The van der Waals surface area contributed by atoms with Gasteiger partial charge >= 0.3 is 5.97 Å². The highest BCUT2D eigenvalue weighted by molar-refractivity contribution is 6.01. The first-order valence-corrected chi connectivity index (χ1v) is 10.9. The maximum Gasteiger partial charge on any atom is 0.310 e. The third kappa shape index (κ3) is 4.48. The number of carbonyl (C=O) groups is 3. The summed E-state index contributed by atoms with van der Waals surface area (Å²) in [5.41, 5.74) is 1.16. The first-order valence-electron chi connectivity index (χ1n) is 10.9. The number of esters is 1. The van der Waals surface area contributed by atoms with Gasteiger partial charge in [-0.25, -0.2) is 0 Å². The highest BCUT2D eigenvalue weighted by Gasteiger charge is 2.54. The molecule has 6 heteroatoms. The normalized spacial score (nSPS) is 23.9. The average Bonchev–Trinajstić information content (AvgIpc) is 3.41. The molecule has 1 amide bonds. The highest BCUT2D eigenvalue weighted by atomic mass is 16.5. The van der Waals surface area contributed by atoms with Crippen molar-refractivity contribution in [3.63, 3.8) is 0 Å². The van der Waals surface area contributed by atoms with Gasteiger partial charge in [0, 0.05) is 11.5 Å². The van der Waals surface area contributed by atoms with E-state index in [-0.39, 0.29) is 30.1 Å². The van der Waals surface area contributed by atoms with E-state index in [0.29, 0.717) is 23.6 Å². The first-order chi connectivity index (χ1) is 15.1. The fourth-order valence-electron chi connectivity index (χ4n) is 5.07. The van der Waals surface area contributed by atoms with Crippen molar-refractivity contribution < 1.29 is 23.9 Å². The van der Waals surface area contributed by atoms with Crippen LogP contribution in [0.25, 0.3) is 0 Å². The highest BCUT2D eigenvalue weighted by Crippen LogP contribution is 2.53. The van der Waals surface area contributed by atoms with E-state index < -0.39 is 17.8 Å². The Kier molecular flexibility index (Phi) is 6.35. The van der Waals surface area contributed by atoms with Crippen LogP contribution in [-0.4, -0.2) is 30.9 Å². The lowest BCUT2D eigenvalue weighted by molar-refractivity contribution is -0.154. The van der Waals surface area contributed by atoms with Crippen molar-refractivity contribution in [3.8, 4) is 5.75 Å². The van der Waals surface area contributed by atoms with Crippen LogP contribution in [0.3, 0.4) is 0 Å². The number of hydrogen-bond acceptors (Lipinski definition) is 5. The number of ketones is 1. The summed E-state index contributed by atoms with van der Waals surface area (Å²) in [5, 5.41) is 2.73. The Morgan fingerprint density at radius 2 is 1.61 bits per heavy atom. The summed E-state index contributed by atoms with van der Waals surface area (Å²) in [7, 11) is 0. The molecule has 0 aromatic heterocycles. The molecule has 0 heterocycles. The monoisotopic (exact) mass is 421 g/mol. The molecule has 0 spiro atoms. The molecule has 162 valence electrons. The molecule has 2 fully saturated rings. The van der Waals surface area contributed by atoms with Gasteiger partial charge in [-0.3, -0.25) is 14.4 Å². The zero-order valence-electron chi connectivity index (χ0n) is 17.6. The van der Waals surface area contributed by atoms with Crippen molar-refractivity contribution in [2.75, 3.05) is 18.5 Å². The second-order valence-corrected chi connectivity index (χ2v) is 8.20. The fraction of sp³-hybridized carbons (Fsp3) is 0.400. The number of fused-ring (bicyclic) bond motifs is 2. The minimum atomic E-state index is -0.477. The summed E-state index contributed by atoms with van der Waals surface area (Å²) in [6.07, 6.45) is 2.76. The summed E-state index contributed by atoms with van der Waals surface area (Å²) >= 11 is 0. The number of carbonyl (C=O) groups excluding carboxylic acids is 3. The van der Waals surface area contributed by atoms with E-state index in [1.165, 1.54) is 0 Å². The van der Waals surface area contributed by atoms with Gasteiger partial charge in [0.15, 0.2) is 12.4 Å². The SMILES string of the molecule is CCOc1ccccc1NC(=O)COC(=O)[C@H]1[C@H]2CC[C@@H](C2)[C@@H]1C(=O)c1ccccc1. The van der Waals surface area contributed by atoms with Gasteiger partial charge in [0.05, 0.1) is 18.2 Å². The molecule has 2 aromatic carbocycles. The number of amides is 1. The molecule has 2 aliphatic rings. The number of nitrogens with one attached hydrogen (secondary N) is 1. The predicted molar refractivity (Wildman–Crippen MR) is 116 cm³/mol. The second-order valence-electron chi connectivity index (χ2n) is 8.20. The molecule has 6 nitrogen and oxygen atoms in total. The Labute approximate surface area is 181 Å². The van der Waals surface area contributed by atoms with Crippen LogP contribution in [0, 0.1) is 23.7 Å². The summed E-state index contributed by atoms with van der Waals surface area (Å²) in [6.45, 7) is 1.95. The number of Topliss-reactive ketones (excluding diaryl/α,β-unsaturated/α-hetero) is 1. The van der Waals surface area contributed by atoms with Gasteiger partial charge in [0.2, 0.25) is 0 Å². The van der Waals surface area contributed by atoms with Crippen LogP contribution in [0.1, 0.15) is 36.5 Å². The third-order valence-corrected chi connectivity index (χ3v) is 6.36. The van der Waals surface area contributed by atoms with Crippen LogP contribution in [0.15, 0.2) is 54.6 Å². The molecule has 0 aliphatic heterocycles. The van der Waals surface area contributed by atoms with E-state index in [2.05, 4.69) is 5.32 Å². The molecule has 0 unspecified atom stereocenters. The topological polar surface area (TPSA) is 81.7 Å².